The van der Waals surface area contributed by atoms with Crippen LogP contribution in [0.25, 0.3) is 0 Å². The number of carbonyl (C=O) groups is 3. The number of pyridine rings is 2. The average molecular weight is 654 g/mol. The van der Waals surface area contributed by atoms with Gasteiger partial charge in [0.15, 0.2) is 0 Å². The van der Waals surface area contributed by atoms with Gasteiger partial charge in [0.1, 0.15) is 19.3 Å². The number of aliphatic hydroxyl groups is 1. The topological polar surface area (TPSA) is 152 Å². The van der Waals surface area contributed by atoms with E-state index in [0.29, 0.717) is 18.5 Å². The minimum absolute atomic E-state index is 0.0425. The summed E-state index contributed by atoms with van der Waals surface area (Å²) in [5.41, 5.74) is 3.17. The summed E-state index contributed by atoms with van der Waals surface area (Å²) in [5, 5.41) is 20.2. The van der Waals surface area contributed by atoms with E-state index in [1.807, 2.05) is 80.6 Å². The highest BCUT2D eigenvalue weighted by Crippen LogP contribution is 2.16. The molecule has 48 heavy (non-hydrogen) atoms. The highest BCUT2D eigenvalue weighted by molar-refractivity contribution is 5.86. The lowest BCUT2D eigenvalue weighted by atomic mass is 9.93. The number of hydrogen-bond donors (Lipinski definition) is 4. The van der Waals surface area contributed by atoms with Crippen LogP contribution in [0, 0.1) is 5.92 Å². The van der Waals surface area contributed by atoms with Crippen molar-refractivity contribution in [1.29, 1.82) is 0 Å². The zero-order valence-electron chi connectivity index (χ0n) is 27.2. The fourth-order valence-corrected chi connectivity index (χ4v) is 5.14. The summed E-state index contributed by atoms with van der Waals surface area (Å²) < 4.78 is 10.7. The molecule has 0 spiro atoms. The van der Waals surface area contributed by atoms with Crippen LogP contribution >= 0.6 is 0 Å². The smallest absolute Gasteiger partial charge is 0.408 e. The molecule has 0 aliphatic carbocycles. The van der Waals surface area contributed by atoms with Crippen LogP contribution < -0.4 is 16.0 Å². The van der Waals surface area contributed by atoms with Gasteiger partial charge in [-0.1, -0.05) is 86.6 Å². The number of ether oxygens (including phenoxy) is 2. The highest BCUT2D eigenvalue weighted by Gasteiger charge is 2.31. The van der Waals surface area contributed by atoms with E-state index in [0.717, 1.165) is 16.7 Å². The minimum Gasteiger partial charge on any atom is -0.445 e. The predicted molar refractivity (Wildman–Crippen MR) is 180 cm³/mol. The summed E-state index contributed by atoms with van der Waals surface area (Å²) in [7, 11) is 0. The van der Waals surface area contributed by atoms with Gasteiger partial charge in [0.2, 0.25) is 5.91 Å². The van der Waals surface area contributed by atoms with Gasteiger partial charge in [-0.05, 0) is 54.5 Å². The molecule has 0 bridgehead atoms. The van der Waals surface area contributed by atoms with Gasteiger partial charge in [-0.25, -0.2) is 9.59 Å². The van der Waals surface area contributed by atoms with E-state index in [2.05, 4.69) is 25.9 Å². The Morgan fingerprint density at radius 1 is 0.708 bits per heavy atom. The Balaban J connectivity index is 1.46. The monoisotopic (exact) mass is 653 g/mol. The maximum atomic E-state index is 13.7. The third-order valence-corrected chi connectivity index (χ3v) is 7.66. The van der Waals surface area contributed by atoms with Gasteiger partial charge in [0, 0.05) is 30.2 Å². The van der Waals surface area contributed by atoms with Gasteiger partial charge < -0.3 is 30.5 Å². The fourth-order valence-electron chi connectivity index (χ4n) is 5.14. The Morgan fingerprint density at radius 3 is 1.96 bits per heavy atom. The predicted octanol–water partition coefficient (Wildman–Crippen LogP) is 4.74. The van der Waals surface area contributed by atoms with Crippen molar-refractivity contribution in [3.05, 3.63) is 132 Å². The Morgan fingerprint density at radius 2 is 1.33 bits per heavy atom. The van der Waals surface area contributed by atoms with E-state index in [1.54, 1.807) is 42.9 Å². The highest BCUT2D eigenvalue weighted by atomic mass is 16.6. The number of aliphatic hydroxyl groups excluding tert-OH is 1. The van der Waals surface area contributed by atoms with Crippen molar-refractivity contribution < 1.29 is 29.0 Å². The summed E-state index contributed by atoms with van der Waals surface area (Å²) in [6, 6.07) is 25.7. The van der Waals surface area contributed by atoms with E-state index in [-0.39, 0.29) is 25.6 Å². The molecule has 3 unspecified atom stereocenters. The van der Waals surface area contributed by atoms with Crippen LogP contribution in [0.2, 0.25) is 0 Å². The van der Waals surface area contributed by atoms with Crippen LogP contribution in [0.5, 0.6) is 0 Å². The molecular formula is C37H43N5O6. The summed E-state index contributed by atoms with van der Waals surface area (Å²) >= 11 is 0. The fraction of sp³-hybridized carbons (Fsp3) is 0.324. The summed E-state index contributed by atoms with van der Waals surface area (Å²) in [6.07, 6.45) is 3.23. The van der Waals surface area contributed by atoms with E-state index in [1.165, 1.54) is 0 Å². The second kappa shape index (κ2) is 18.8. The maximum Gasteiger partial charge on any atom is 0.408 e. The number of nitrogens with zero attached hydrogens (tertiary/aromatic N) is 2. The number of carbonyl (C=O) groups excluding carboxylic acids is 3. The lowest BCUT2D eigenvalue weighted by molar-refractivity contribution is -0.125. The molecule has 0 radical (unpaired) electrons. The first-order valence-electron chi connectivity index (χ1n) is 16.0. The third kappa shape index (κ3) is 12.1. The van der Waals surface area contributed by atoms with Gasteiger partial charge in [-0.15, -0.1) is 0 Å². The van der Waals surface area contributed by atoms with Crippen LogP contribution in [0.15, 0.2) is 110 Å². The molecule has 0 aliphatic heterocycles. The molecule has 11 heteroatoms. The first-order chi connectivity index (χ1) is 23.3. The number of amides is 3. The number of benzene rings is 2. The lowest BCUT2D eigenvalue weighted by Gasteiger charge is -2.30. The zero-order chi connectivity index (χ0) is 34.1. The molecule has 2 aromatic heterocycles. The molecular weight excluding hydrogens is 610 g/mol. The zero-order valence-corrected chi connectivity index (χ0v) is 27.2. The normalized spacial score (nSPS) is 13.4. The van der Waals surface area contributed by atoms with E-state index in [4.69, 9.17) is 9.47 Å². The van der Waals surface area contributed by atoms with Crippen molar-refractivity contribution in [2.24, 2.45) is 5.92 Å². The standard InChI is InChI=1S/C37H43N5O6/c1-26(2)34(42-37(46)48-25-30-17-9-10-19-39-30)35(44)41-32(21-28-14-7-4-8-15-28)33(43)22-31(20-27-12-5-3-6-13-27)40-36(45)47-24-29-16-11-18-38-23-29/h3-19,23,26,31-34,43H,20-22,24-25H2,1-2H3,(H,40,45)(H,41,44)(H,42,46)/t31?,32?,33-,34?/m0/s1. The second-order valence-corrected chi connectivity index (χ2v) is 11.8. The van der Waals surface area contributed by atoms with Crippen molar-refractivity contribution in [3.63, 3.8) is 0 Å². The number of nitrogens with one attached hydrogen (secondary N) is 3. The molecule has 252 valence electrons. The Bertz CT molecular complexity index is 1540. The third-order valence-electron chi connectivity index (χ3n) is 7.66. The molecule has 0 saturated heterocycles. The molecule has 0 aliphatic rings. The van der Waals surface area contributed by atoms with Crippen LogP contribution in [0.4, 0.5) is 9.59 Å². The van der Waals surface area contributed by atoms with E-state index < -0.39 is 42.3 Å². The molecule has 3 amide bonds. The number of aromatic nitrogens is 2. The molecule has 2 heterocycles. The number of alkyl carbamates (subject to hydrolysis) is 2. The maximum absolute atomic E-state index is 13.7. The number of hydrogen-bond acceptors (Lipinski definition) is 8. The van der Waals surface area contributed by atoms with Crippen molar-refractivity contribution in [2.45, 2.75) is 70.6 Å². The Hall–Kier alpha value is -5.29. The number of rotatable bonds is 16. The average Bonchev–Trinajstić information content (AvgIpc) is 3.10. The SMILES string of the molecule is CC(C)C(NC(=O)OCc1ccccn1)C(=O)NC(Cc1ccccc1)[C@@H](O)CC(Cc1ccccc1)NC(=O)OCc1cccnc1. The van der Waals surface area contributed by atoms with E-state index >= 15 is 0 Å². The summed E-state index contributed by atoms with van der Waals surface area (Å²) in [4.78, 5) is 47.4. The molecule has 4 atom stereocenters. The molecule has 0 fully saturated rings. The molecule has 4 rings (SSSR count). The van der Waals surface area contributed by atoms with Gasteiger partial charge >= 0.3 is 12.2 Å². The van der Waals surface area contributed by atoms with E-state index in [9.17, 15) is 19.5 Å². The first-order valence-corrected chi connectivity index (χ1v) is 16.0. The van der Waals surface area contributed by atoms with Crippen LogP contribution in [0.3, 0.4) is 0 Å². The van der Waals surface area contributed by atoms with Crippen molar-refractivity contribution >= 4 is 18.1 Å². The van der Waals surface area contributed by atoms with Gasteiger partial charge in [-0.3, -0.25) is 14.8 Å². The summed E-state index contributed by atoms with van der Waals surface area (Å²) in [5.74, 6) is -0.757. The van der Waals surface area contributed by atoms with Gasteiger partial charge in [0.05, 0.1) is 17.8 Å². The van der Waals surface area contributed by atoms with Crippen molar-refractivity contribution in [3.8, 4) is 0 Å². The molecule has 11 nitrogen and oxygen atoms in total. The molecule has 4 N–H and O–H groups in total. The van der Waals surface area contributed by atoms with Crippen molar-refractivity contribution in [2.75, 3.05) is 0 Å². The molecule has 0 saturated carbocycles. The van der Waals surface area contributed by atoms with Crippen LogP contribution in [-0.4, -0.2) is 57.4 Å². The van der Waals surface area contributed by atoms with Crippen LogP contribution in [-0.2, 0) is 40.3 Å². The lowest BCUT2D eigenvalue weighted by Crippen LogP contribution is -2.56. The molecule has 2 aromatic carbocycles. The first kappa shape index (κ1) is 35.6. The minimum atomic E-state index is -1.08. The Kier molecular flexibility index (Phi) is 13.9. The Labute approximate surface area is 281 Å². The van der Waals surface area contributed by atoms with Crippen molar-refractivity contribution in [1.82, 2.24) is 25.9 Å². The quantitative estimate of drug-likeness (QED) is 0.135. The van der Waals surface area contributed by atoms with Gasteiger partial charge in [-0.2, -0.15) is 0 Å². The largest absolute Gasteiger partial charge is 0.445 e. The second-order valence-electron chi connectivity index (χ2n) is 11.8. The van der Waals surface area contributed by atoms with Crippen LogP contribution in [0.1, 0.15) is 42.7 Å². The summed E-state index contributed by atoms with van der Waals surface area (Å²) in [6.45, 7) is 3.61. The van der Waals surface area contributed by atoms with Gasteiger partial charge in [0.25, 0.3) is 0 Å². The molecule has 4 aromatic rings.